The van der Waals surface area contributed by atoms with Crippen molar-refractivity contribution in [2.75, 3.05) is 20.6 Å². The number of para-hydroxylation sites is 1. The highest BCUT2D eigenvalue weighted by molar-refractivity contribution is 14.0. The molecule has 2 aromatic heterocycles. The molecule has 1 N–H and O–H groups in total. The van der Waals surface area contributed by atoms with Crippen LogP contribution in [-0.2, 0) is 20.0 Å². The zero-order valence-electron chi connectivity index (χ0n) is 14.6. The van der Waals surface area contributed by atoms with Gasteiger partial charge in [0.15, 0.2) is 5.96 Å². The topological polar surface area (TPSA) is 71.5 Å². The quantitative estimate of drug-likeness (QED) is 0.364. The number of furan rings is 1. The second-order valence-electron chi connectivity index (χ2n) is 5.63. The van der Waals surface area contributed by atoms with E-state index in [4.69, 9.17) is 4.42 Å². The molecule has 0 aliphatic rings. The zero-order chi connectivity index (χ0) is 16.9. The predicted octanol–water partition coefficient (Wildman–Crippen LogP) is 2.43. The lowest BCUT2D eigenvalue weighted by atomic mass is 10.2. The zero-order valence-corrected chi connectivity index (χ0v) is 17.0. The molecule has 0 aliphatic heterocycles. The lowest BCUT2D eigenvalue weighted by molar-refractivity contribution is 0.447. The van der Waals surface area contributed by atoms with Gasteiger partial charge in [0, 0.05) is 39.5 Å². The van der Waals surface area contributed by atoms with Gasteiger partial charge < -0.3 is 14.6 Å². The summed E-state index contributed by atoms with van der Waals surface area (Å²) in [7, 11) is 5.63. The van der Waals surface area contributed by atoms with E-state index >= 15 is 0 Å². The first-order valence-corrected chi connectivity index (χ1v) is 7.89. The van der Waals surface area contributed by atoms with Crippen LogP contribution >= 0.6 is 24.0 Å². The number of aryl methyl sites for hydroxylation is 1. The average molecular weight is 454 g/mol. The summed E-state index contributed by atoms with van der Waals surface area (Å²) in [5.74, 6) is 2.67. The van der Waals surface area contributed by atoms with Crippen molar-refractivity contribution in [1.82, 2.24) is 25.0 Å². The van der Waals surface area contributed by atoms with E-state index in [1.54, 1.807) is 18.1 Å². The van der Waals surface area contributed by atoms with Crippen molar-refractivity contribution in [3.63, 3.8) is 0 Å². The Hall–Kier alpha value is -2.10. The molecular formula is C17H23IN6O. The maximum Gasteiger partial charge on any atom is 0.193 e. The summed E-state index contributed by atoms with van der Waals surface area (Å²) in [6.07, 6.45) is 2.35. The van der Waals surface area contributed by atoms with Gasteiger partial charge in [-0.05, 0) is 12.1 Å². The smallest absolute Gasteiger partial charge is 0.193 e. The molecule has 1 aromatic carbocycles. The van der Waals surface area contributed by atoms with Gasteiger partial charge in [0.25, 0.3) is 0 Å². The molecule has 0 bridgehead atoms. The first-order chi connectivity index (χ1) is 11.7. The van der Waals surface area contributed by atoms with E-state index in [0.29, 0.717) is 6.54 Å². The Morgan fingerprint density at radius 3 is 2.84 bits per heavy atom. The number of hydrogen-bond acceptors (Lipinski definition) is 4. The molecule has 0 spiro atoms. The molecule has 0 saturated heterocycles. The molecule has 0 amide bonds. The summed E-state index contributed by atoms with van der Waals surface area (Å²) >= 11 is 0. The maximum absolute atomic E-state index is 5.83. The minimum absolute atomic E-state index is 0. The van der Waals surface area contributed by atoms with Gasteiger partial charge in [0.05, 0.1) is 6.54 Å². The van der Waals surface area contributed by atoms with Crippen molar-refractivity contribution in [2.45, 2.75) is 13.0 Å². The molecule has 8 heteroatoms. The van der Waals surface area contributed by atoms with Gasteiger partial charge in [-0.2, -0.15) is 5.10 Å². The number of nitrogens with zero attached hydrogens (tertiary/aromatic N) is 5. The molecule has 0 unspecified atom stereocenters. The van der Waals surface area contributed by atoms with Gasteiger partial charge >= 0.3 is 0 Å². The average Bonchev–Trinajstić information content (AvgIpc) is 3.17. The third kappa shape index (κ3) is 4.71. The van der Waals surface area contributed by atoms with E-state index in [2.05, 4.69) is 32.5 Å². The van der Waals surface area contributed by atoms with Gasteiger partial charge in [-0.1, -0.05) is 18.2 Å². The van der Waals surface area contributed by atoms with E-state index in [1.807, 2.05) is 37.2 Å². The van der Waals surface area contributed by atoms with Crippen molar-refractivity contribution in [2.24, 2.45) is 12.0 Å². The van der Waals surface area contributed by atoms with Gasteiger partial charge in [-0.3, -0.25) is 9.67 Å². The van der Waals surface area contributed by atoms with Crippen molar-refractivity contribution >= 4 is 40.9 Å². The lowest BCUT2D eigenvalue weighted by Crippen LogP contribution is -2.39. The first-order valence-electron chi connectivity index (χ1n) is 7.89. The fourth-order valence-electron chi connectivity index (χ4n) is 2.59. The number of halogens is 1. The molecule has 2 heterocycles. The Balaban J connectivity index is 0.00000225. The summed E-state index contributed by atoms with van der Waals surface area (Å²) in [6.45, 7) is 1.39. The highest BCUT2D eigenvalue weighted by Crippen LogP contribution is 2.18. The largest absolute Gasteiger partial charge is 0.461 e. The van der Waals surface area contributed by atoms with Crippen LogP contribution in [0.4, 0.5) is 0 Å². The second-order valence-corrected chi connectivity index (χ2v) is 5.63. The summed E-state index contributed by atoms with van der Waals surface area (Å²) in [5.41, 5.74) is 0.927. The number of rotatable bonds is 5. The fourth-order valence-corrected chi connectivity index (χ4v) is 2.59. The van der Waals surface area contributed by atoms with Crippen LogP contribution in [0.2, 0.25) is 0 Å². The van der Waals surface area contributed by atoms with E-state index in [1.165, 1.54) is 0 Å². The Morgan fingerprint density at radius 1 is 1.36 bits per heavy atom. The summed E-state index contributed by atoms with van der Waals surface area (Å²) in [4.78, 5) is 10.6. The third-order valence-corrected chi connectivity index (χ3v) is 3.89. The number of nitrogens with one attached hydrogen (secondary N) is 1. The molecule has 0 aliphatic carbocycles. The maximum atomic E-state index is 5.83. The SMILES string of the molecule is CN=C(NCCc1cc2ccccc2o1)N(C)Cc1ncnn1C.I. The Kier molecular flexibility index (Phi) is 6.80. The minimum atomic E-state index is 0. The first kappa shape index (κ1) is 19.2. The van der Waals surface area contributed by atoms with Crippen LogP contribution in [0.25, 0.3) is 11.0 Å². The van der Waals surface area contributed by atoms with Crippen LogP contribution in [0.5, 0.6) is 0 Å². The van der Waals surface area contributed by atoms with Crippen molar-refractivity contribution < 1.29 is 4.42 Å². The lowest BCUT2D eigenvalue weighted by Gasteiger charge is -2.21. The van der Waals surface area contributed by atoms with Gasteiger partial charge in [0.2, 0.25) is 0 Å². The molecule has 7 nitrogen and oxygen atoms in total. The molecular weight excluding hydrogens is 431 g/mol. The normalized spacial score (nSPS) is 11.4. The van der Waals surface area contributed by atoms with Crippen LogP contribution in [-0.4, -0.2) is 46.3 Å². The highest BCUT2D eigenvalue weighted by atomic mass is 127. The molecule has 0 atom stereocenters. The van der Waals surface area contributed by atoms with Crippen molar-refractivity contribution in [1.29, 1.82) is 0 Å². The number of benzene rings is 1. The molecule has 0 radical (unpaired) electrons. The highest BCUT2D eigenvalue weighted by Gasteiger charge is 2.10. The Morgan fingerprint density at radius 2 is 2.16 bits per heavy atom. The fraction of sp³-hybridized carbons (Fsp3) is 0.353. The summed E-state index contributed by atoms with van der Waals surface area (Å²) in [5, 5.41) is 8.57. The molecule has 3 aromatic rings. The van der Waals surface area contributed by atoms with E-state index in [-0.39, 0.29) is 24.0 Å². The van der Waals surface area contributed by atoms with E-state index < -0.39 is 0 Å². The Labute approximate surface area is 164 Å². The molecule has 0 fully saturated rings. The van der Waals surface area contributed by atoms with Crippen LogP contribution in [0.1, 0.15) is 11.6 Å². The number of hydrogen-bond donors (Lipinski definition) is 1. The van der Waals surface area contributed by atoms with Gasteiger partial charge in [0.1, 0.15) is 23.5 Å². The van der Waals surface area contributed by atoms with E-state index in [0.717, 1.165) is 41.5 Å². The summed E-state index contributed by atoms with van der Waals surface area (Å²) in [6, 6.07) is 10.1. The number of guanidine groups is 1. The van der Waals surface area contributed by atoms with Crippen molar-refractivity contribution in [3.05, 3.63) is 48.2 Å². The molecule has 134 valence electrons. The molecule has 0 saturated carbocycles. The summed E-state index contributed by atoms with van der Waals surface area (Å²) < 4.78 is 7.59. The van der Waals surface area contributed by atoms with Crippen LogP contribution in [0.3, 0.4) is 0 Å². The predicted molar refractivity (Wildman–Crippen MR) is 109 cm³/mol. The van der Waals surface area contributed by atoms with Crippen LogP contribution in [0, 0.1) is 0 Å². The number of fused-ring (bicyclic) bond motifs is 1. The van der Waals surface area contributed by atoms with E-state index in [9.17, 15) is 0 Å². The van der Waals surface area contributed by atoms with Crippen molar-refractivity contribution in [3.8, 4) is 0 Å². The second kappa shape index (κ2) is 8.84. The van der Waals surface area contributed by atoms with Gasteiger partial charge in [-0.15, -0.1) is 24.0 Å². The van der Waals surface area contributed by atoms with Crippen LogP contribution < -0.4 is 5.32 Å². The molecule has 25 heavy (non-hydrogen) atoms. The molecule has 3 rings (SSSR count). The Bertz CT molecular complexity index is 807. The third-order valence-electron chi connectivity index (χ3n) is 3.89. The number of aliphatic imine (C=N–C) groups is 1. The standard InChI is InChI=1S/C17H22N6O.HI/c1-18-17(22(2)11-16-20-12-21-23(16)3)19-9-8-14-10-13-6-4-5-7-15(13)24-14;/h4-7,10,12H,8-9,11H2,1-3H3,(H,18,19);1H. The van der Waals surface area contributed by atoms with Gasteiger partial charge in [-0.25, -0.2) is 4.98 Å². The monoisotopic (exact) mass is 454 g/mol. The van der Waals surface area contributed by atoms with Crippen LogP contribution in [0.15, 0.2) is 46.1 Å². The minimum Gasteiger partial charge on any atom is -0.461 e. The number of aromatic nitrogens is 3.